The van der Waals surface area contributed by atoms with Gasteiger partial charge in [0.1, 0.15) is 11.3 Å². The molecule has 0 fully saturated rings. The first-order chi connectivity index (χ1) is 27.2. The van der Waals surface area contributed by atoms with Gasteiger partial charge in [-0.25, -0.2) is 19.6 Å². The number of aliphatic imine (C=N–C) groups is 3. The molecule has 2 aromatic heterocycles. The minimum atomic E-state index is -0.733. The van der Waals surface area contributed by atoms with Gasteiger partial charge in [-0.05, 0) is 80.3 Å². The quantitative estimate of drug-likeness (QED) is 0.109. The molecule has 0 aliphatic carbocycles. The predicted octanol–water partition coefficient (Wildman–Crippen LogP) is 9.30. The fourth-order valence-corrected chi connectivity index (χ4v) is 10.1. The topological polar surface area (TPSA) is 74.7 Å². The van der Waals surface area contributed by atoms with Crippen molar-refractivity contribution in [3.05, 3.63) is 128 Å². The highest BCUT2D eigenvalue weighted by Crippen LogP contribution is 2.42. The summed E-state index contributed by atoms with van der Waals surface area (Å²) in [5.74, 6) is 4.88. The van der Waals surface area contributed by atoms with Gasteiger partial charge in [-0.15, -0.1) is 0 Å². The summed E-state index contributed by atoms with van der Waals surface area (Å²) >= 11 is -0.733. The Balaban J connectivity index is 1.43. The maximum Gasteiger partial charge on any atom is 0.571 e. The maximum absolute atomic E-state index is 5.72. The van der Waals surface area contributed by atoms with Crippen molar-refractivity contribution in [2.45, 2.75) is 105 Å². The lowest BCUT2D eigenvalue weighted by Crippen LogP contribution is -2.37. The van der Waals surface area contributed by atoms with E-state index in [1.54, 1.807) is 0 Å². The standard InChI is InChI=1S/C49H51N8.Al/c1-46(2,3)26-14-18-30-34(22-26)41-50-38(30)51-42-35-23-27(47(4,5)6)16-20-32(35)40(54-42)55-45-37-25-29(49(10,11)12)17-21-33(37)44(57(45)13)56-43-36-24-28(48(7,8)9)15-19-31(36)39(52-41)53-43;/h14-25H,1-13H3;/q-1;+2. The Hall–Kier alpha value is -5.23. The molecule has 289 valence electrons. The van der Waals surface area contributed by atoms with Crippen LogP contribution in [0.3, 0.4) is 0 Å². The van der Waals surface area contributed by atoms with Gasteiger partial charge in [-0.3, -0.25) is 0 Å². The number of hydrogen-bond acceptors (Lipinski definition) is 5. The maximum atomic E-state index is 5.72. The summed E-state index contributed by atoms with van der Waals surface area (Å²) in [6.45, 7) is 27.2. The number of benzene rings is 4. The van der Waals surface area contributed by atoms with Crippen LogP contribution in [-0.4, -0.2) is 57.7 Å². The van der Waals surface area contributed by atoms with Crippen molar-refractivity contribution in [3.8, 4) is 0 Å². The van der Waals surface area contributed by atoms with Crippen molar-refractivity contribution in [1.82, 2.24) is 7.10 Å². The molecule has 4 aliphatic heterocycles. The van der Waals surface area contributed by atoms with Crippen LogP contribution < -0.4 is 11.0 Å². The molecule has 10 rings (SSSR count). The lowest BCUT2D eigenvalue weighted by molar-refractivity contribution is -0.366. The first-order valence-corrected chi connectivity index (χ1v) is 21.5. The van der Waals surface area contributed by atoms with Crippen LogP contribution in [0, 0.1) is 0 Å². The summed E-state index contributed by atoms with van der Waals surface area (Å²) in [6, 6.07) is 27.2. The summed E-state index contributed by atoms with van der Waals surface area (Å²) in [6.07, 6.45) is 0. The molecule has 0 atom stereocenters. The van der Waals surface area contributed by atoms with Crippen molar-refractivity contribution >= 4 is 72.2 Å². The third kappa shape index (κ3) is 5.53. The van der Waals surface area contributed by atoms with Crippen LogP contribution in [0.4, 0.5) is 11.6 Å². The molecule has 8 nitrogen and oxygen atoms in total. The Kier molecular flexibility index (Phi) is 7.62. The highest BCUT2D eigenvalue weighted by Gasteiger charge is 2.38. The van der Waals surface area contributed by atoms with Gasteiger partial charge >= 0.3 is 15.7 Å². The third-order valence-electron chi connectivity index (χ3n) is 12.3. The molecule has 6 bridgehead atoms. The molecule has 1 radical (unpaired) electrons. The Morgan fingerprint density at radius 2 is 0.931 bits per heavy atom. The van der Waals surface area contributed by atoms with Crippen molar-refractivity contribution < 1.29 is 4.58 Å². The Morgan fingerprint density at radius 3 is 1.57 bits per heavy atom. The smallest absolute Gasteiger partial charge is 0.375 e. The molecule has 6 aromatic rings. The first-order valence-electron chi connectivity index (χ1n) is 20.5. The second-order valence-corrected chi connectivity index (χ2v) is 21.9. The van der Waals surface area contributed by atoms with Crippen LogP contribution in [0.5, 0.6) is 0 Å². The fourth-order valence-electron chi connectivity index (χ4n) is 8.60. The molecule has 4 aliphatic rings. The van der Waals surface area contributed by atoms with Crippen LogP contribution in [0.2, 0.25) is 0 Å². The molecule has 0 saturated heterocycles. The Labute approximate surface area is 347 Å². The number of rotatable bonds is 0. The van der Waals surface area contributed by atoms with E-state index in [1.807, 2.05) is 0 Å². The number of hydrogen-bond donors (Lipinski definition) is 0. The van der Waals surface area contributed by atoms with E-state index in [1.165, 1.54) is 22.3 Å². The van der Waals surface area contributed by atoms with Crippen LogP contribution in [0.1, 0.15) is 128 Å². The van der Waals surface area contributed by atoms with Gasteiger partial charge in [0.25, 0.3) is 11.7 Å². The number of nitrogens with zero attached hydrogens (tertiary/aromatic N) is 8. The molecule has 0 amide bonds. The van der Waals surface area contributed by atoms with Gasteiger partial charge in [0.15, 0.2) is 23.0 Å². The SMILES string of the molecule is C[N+]1=C2N=c3c4cc(C(C)(C)C)ccc4c4[n]3[Al][n]3c(c5cc(C(C)(C)C)ccc5c3N=C1c1cc(C(C)(C)C)ccc12)N=C1N=C(N=4)c2cc(C(C)(C)C)ccc21. The highest BCUT2D eigenvalue weighted by molar-refractivity contribution is 6.37. The molecule has 4 aromatic carbocycles. The van der Waals surface area contributed by atoms with Gasteiger partial charge in [0, 0.05) is 32.7 Å². The summed E-state index contributed by atoms with van der Waals surface area (Å²) in [5, 5.41) is 4.27. The molecule has 58 heavy (non-hydrogen) atoms. The van der Waals surface area contributed by atoms with Crippen molar-refractivity contribution in [2.75, 3.05) is 7.05 Å². The summed E-state index contributed by atoms with van der Waals surface area (Å²) < 4.78 is 6.92. The van der Waals surface area contributed by atoms with E-state index in [0.29, 0.717) is 11.7 Å². The van der Waals surface area contributed by atoms with E-state index in [9.17, 15) is 0 Å². The number of amidine groups is 4. The Morgan fingerprint density at radius 1 is 0.431 bits per heavy atom. The average molecular weight is 779 g/mol. The molecule has 0 unspecified atom stereocenters. The van der Waals surface area contributed by atoms with E-state index >= 15 is 0 Å². The van der Waals surface area contributed by atoms with Crippen molar-refractivity contribution in [3.63, 3.8) is 0 Å². The molecule has 6 heterocycles. The van der Waals surface area contributed by atoms with E-state index in [0.717, 1.165) is 78.1 Å². The van der Waals surface area contributed by atoms with Gasteiger partial charge in [-0.2, -0.15) is 0 Å². The third-order valence-corrected chi connectivity index (χ3v) is 13.7. The fraction of sp³-hybridized carbons (Fsp3) is 0.347. The van der Waals surface area contributed by atoms with E-state index in [4.69, 9.17) is 25.0 Å². The molecular formula is C49H51AlN8+. The molecule has 0 spiro atoms. The average Bonchev–Trinajstić information content (AvgIpc) is 3.80. The minimum absolute atomic E-state index is 0.0411. The molecule has 9 heteroatoms. The zero-order valence-electron chi connectivity index (χ0n) is 36.1. The summed E-state index contributed by atoms with van der Waals surface area (Å²) in [4.78, 5) is 27.9. The predicted molar refractivity (Wildman–Crippen MR) is 240 cm³/mol. The van der Waals surface area contributed by atoms with Gasteiger partial charge in [-0.1, -0.05) is 129 Å². The van der Waals surface area contributed by atoms with E-state index in [2.05, 4.69) is 175 Å². The summed E-state index contributed by atoms with van der Waals surface area (Å²) in [5.41, 5.74) is 10.7. The highest BCUT2D eigenvalue weighted by atomic mass is 27.1. The largest absolute Gasteiger partial charge is 0.571 e. The minimum Gasteiger partial charge on any atom is -0.375 e. The number of fused-ring (bicyclic) bond motifs is 14. The van der Waals surface area contributed by atoms with Crippen LogP contribution in [0.25, 0.3) is 21.5 Å². The number of aromatic nitrogens is 2. The second-order valence-electron chi connectivity index (χ2n) is 20.6. The van der Waals surface area contributed by atoms with Gasteiger partial charge in [0.05, 0.1) is 18.2 Å². The van der Waals surface area contributed by atoms with Crippen LogP contribution >= 0.6 is 0 Å². The van der Waals surface area contributed by atoms with E-state index in [-0.39, 0.29) is 21.7 Å². The zero-order valence-corrected chi connectivity index (χ0v) is 37.2. The normalized spacial score (nSPS) is 16.0. The first kappa shape index (κ1) is 37.1. The lowest BCUT2D eigenvalue weighted by atomic mass is 9.85. The monoisotopic (exact) mass is 778 g/mol. The molecule has 0 saturated carbocycles. The van der Waals surface area contributed by atoms with Crippen molar-refractivity contribution in [2.24, 2.45) is 25.0 Å². The van der Waals surface area contributed by atoms with Gasteiger partial charge in [0.2, 0.25) is 0 Å². The zero-order chi connectivity index (χ0) is 41.0. The van der Waals surface area contributed by atoms with Crippen molar-refractivity contribution in [1.29, 1.82) is 0 Å². The van der Waals surface area contributed by atoms with Gasteiger partial charge < -0.3 is 7.10 Å². The molecular weight excluding hydrogens is 728 g/mol. The van der Waals surface area contributed by atoms with Crippen LogP contribution in [-0.2, 0) is 21.7 Å². The van der Waals surface area contributed by atoms with E-state index < -0.39 is 15.7 Å². The lowest BCUT2D eigenvalue weighted by Gasteiger charge is -2.19. The Bertz CT molecular complexity index is 3120. The molecule has 0 N–H and O–H groups in total. The van der Waals surface area contributed by atoms with Crippen LogP contribution in [0.15, 0.2) is 97.8 Å². The second kappa shape index (κ2) is 11.9. The summed E-state index contributed by atoms with van der Waals surface area (Å²) in [7, 11) is 2.11.